The van der Waals surface area contributed by atoms with Gasteiger partial charge in [-0.2, -0.15) is 0 Å². The summed E-state index contributed by atoms with van der Waals surface area (Å²) in [5, 5.41) is 3.93. The number of rotatable bonds is 8. The van der Waals surface area contributed by atoms with Crippen LogP contribution in [0.25, 0.3) is 21.5 Å². The second kappa shape index (κ2) is 14.0. The average molecular weight is 720 g/mol. The van der Waals surface area contributed by atoms with Gasteiger partial charge in [-0.25, -0.2) is 0 Å². The topological polar surface area (TPSA) is 135 Å². The summed E-state index contributed by atoms with van der Waals surface area (Å²) in [5.74, 6) is -1.54. The summed E-state index contributed by atoms with van der Waals surface area (Å²) in [5.41, 5.74) is 9.36. The molecule has 0 aliphatic rings. The Hall–Kier alpha value is -4.94. The summed E-state index contributed by atoms with van der Waals surface area (Å²) >= 11 is 6.87. The van der Waals surface area contributed by atoms with Gasteiger partial charge in [-0.05, 0) is 95.9 Å². The average Bonchev–Trinajstić information content (AvgIpc) is 3.04. The maximum atomic E-state index is 12.6. The molecule has 5 aromatic rings. The summed E-state index contributed by atoms with van der Waals surface area (Å²) in [6.45, 7) is -0.693. The van der Waals surface area contributed by atoms with E-state index in [4.69, 9.17) is 9.47 Å². The second-order valence-corrected chi connectivity index (χ2v) is 11.1. The van der Waals surface area contributed by atoms with Gasteiger partial charge in [-0.15, -0.1) is 0 Å². The zero-order chi connectivity index (χ0) is 31.1. The van der Waals surface area contributed by atoms with E-state index >= 15 is 0 Å². The zero-order valence-corrected chi connectivity index (χ0v) is 26.0. The fourth-order valence-electron chi connectivity index (χ4n) is 4.16. The van der Waals surface area contributed by atoms with Crippen molar-refractivity contribution in [2.24, 2.45) is 0 Å². The van der Waals surface area contributed by atoms with Gasteiger partial charge in [0, 0.05) is 11.1 Å². The molecule has 0 bridgehead atoms. The van der Waals surface area contributed by atoms with Crippen LogP contribution in [0, 0.1) is 0 Å². The van der Waals surface area contributed by atoms with Crippen molar-refractivity contribution >= 4 is 77.0 Å². The van der Waals surface area contributed by atoms with Crippen LogP contribution in [-0.4, -0.2) is 36.8 Å². The maximum Gasteiger partial charge on any atom is 0.276 e. The predicted molar refractivity (Wildman–Crippen MR) is 172 cm³/mol. The Labute approximate surface area is 268 Å². The van der Waals surface area contributed by atoms with Crippen molar-refractivity contribution in [3.05, 3.63) is 117 Å². The summed E-state index contributed by atoms with van der Waals surface area (Å²) in [4.78, 5) is 49.8. The van der Waals surface area contributed by atoms with E-state index in [1.165, 1.54) is 24.3 Å². The van der Waals surface area contributed by atoms with E-state index in [1.54, 1.807) is 12.1 Å². The molecular formula is C32H24Br2N4O6. The van der Waals surface area contributed by atoms with E-state index in [0.29, 0.717) is 20.4 Å². The fraction of sp³-hybridized carbons (Fsp3) is 0.0625. The van der Waals surface area contributed by atoms with Crippen LogP contribution in [0.4, 0.5) is 0 Å². The van der Waals surface area contributed by atoms with Gasteiger partial charge in [0.1, 0.15) is 11.5 Å². The Bertz CT molecular complexity index is 1770. The molecule has 0 aromatic heterocycles. The van der Waals surface area contributed by atoms with Crippen LogP contribution in [0.15, 0.2) is 106 Å². The number of carbonyl (C=O) groups is 4. The molecule has 0 radical (unpaired) electrons. The molecule has 0 saturated heterocycles. The molecule has 0 saturated carbocycles. The third kappa shape index (κ3) is 7.71. The largest absolute Gasteiger partial charge is 0.483 e. The van der Waals surface area contributed by atoms with Gasteiger partial charge in [0.2, 0.25) is 0 Å². The molecule has 4 N–H and O–H groups in total. The Morgan fingerprint density at radius 2 is 0.886 bits per heavy atom. The minimum atomic E-state index is -0.654. The van der Waals surface area contributed by atoms with Gasteiger partial charge in [0.25, 0.3) is 23.6 Å². The number of hydrogen-bond donors (Lipinski definition) is 4. The smallest absolute Gasteiger partial charge is 0.276 e. The minimum absolute atomic E-state index is 0.104. The normalized spacial score (nSPS) is 10.6. The highest BCUT2D eigenvalue weighted by molar-refractivity contribution is 9.11. The Morgan fingerprint density at radius 3 is 1.30 bits per heavy atom. The fourth-order valence-corrected chi connectivity index (χ4v) is 5.11. The highest BCUT2D eigenvalue weighted by Crippen LogP contribution is 2.31. The summed E-state index contributed by atoms with van der Waals surface area (Å²) < 4.78 is 12.6. The molecule has 0 aliphatic carbocycles. The lowest BCUT2D eigenvalue weighted by Crippen LogP contribution is -2.44. The molecule has 5 aromatic carbocycles. The maximum absolute atomic E-state index is 12.6. The number of amides is 4. The van der Waals surface area contributed by atoms with Crippen molar-refractivity contribution in [3.63, 3.8) is 0 Å². The van der Waals surface area contributed by atoms with Crippen LogP contribution in [0.3, 0.4) is 0 Å². The van der Waals surface area contributed by atoms with Crippen LogP contribution in [0.2, 0.25) is 0 Å². The number of carbonyl (C=O) groups excluding carboxylic acids is 4. The molecule has 0 unspecified atom stereocenters. The monoisotopic (exact) mass is 718 g/mol. The van der Waals surface area contributed by atoms with Gasteiger partial charge < -0.3 is 9.47 Å². The Balaban J connectivity index is 1.08. The standard InChI is InChI=1S/C32H24Br2N4O6/c33-25-13-19-6-1-3-8-21(19)15-27(25)43-17-29(39)35-37-31(41)23-10-5-11-24(12-23)32(42)38-36-30(40)18-44-28-16-22-9-4-2-7-20(22)14-26(28)34/h1-16H,17-18H2,(H,35,39)(H,36,40)(H,37,41)(H,38,42). The predicted octanol–water partition coefficient (Wildman–Crippen LogP) is 5.20. The molecule has 0 atom stereocenters. The lowest BCUT2D eigenvalue weighted by molar-refractivity contribution is -0.124. The molecule has 222 valence electrons. The minimum Gasteiger partial charge on any atom is -0.483 e. The number of nitrogens with one attached hydrogen (secondary N) is 4. The molecule has 4 amide bonds. The number of ether oxygens (including phenoxy) is 2. The van der Waals surface area contributed by atoms with E-state index in [-0.39, 0.29) is 24.3 Å². The Kier molecular flexibility index (Phi) is 9.72. The first kappa shape index (κ1) is 30.5. The Morgan fingerprint density at radius 1 is 0.500 bits per heavy atom. The molecule has 12 heteroatoms. The van der Waals surface area contributed by atoms with E-state index in [0.717, 1.165) is 21.5 Å². The van der Waals surface area contributed by atoms with Crippen molar-refractivity contribution in [3.8, 4) is 11.5 Å². The van der Waals surface area contributed by atoms with Crippen LogP contribution in [0.1, 0.15) is 20.7 Å². The first-order valence-electron chi connectivity index (χ1n) is 13.2. The highest BCUT2D eigenvalue weighted by Gasteiger charge is 2.14. The lowest BCUT2D eigenvalue weighted by Gasteiger charge is -2.12. The summed E-state index contributed by atoms with van der Waals surface area (Å²) in [6.07, 6.45) is 0. The number of benzene rings is 5. The summed E-state index contributed by atoms with van der Waals surface area (Å²) in [7, 11) is 0. The SMILES string of the molecule is O=C(COc1cc2ccccc2cc1Br)NNC(=O)c1cccc(C(=O)NNC(=O)COc2cc3ccccc3cc2Br)c1. The van der Waals surface area contributed by atoms with E-state index < -0.39 is 23.6 Å². The van der Waals surface area contributed by atoms with Gasteiger partial charge in [0.05, 0.1) is 8.95 Å². The third-order valence-electron chi connectivity index (χ3n) is 6.34. The quantitative estimate of drug-likeness (QED) is 0.163. The van der Waals surface area contributed by atoms with Gasteiger partial charge >= 0.3 is 0 Å². The number of halogens is 2. The van der Waals surface area contributed by atoms with E-state index in [2.05, 4.69) is 53.6 Å². The van der Waals surface area contributed by atoms with Gasteiger partial charge in [-0.1, -0.05) is 54.6 Å². The number of hydrazine groups is 2. The molecule has 0 heterocycles. The number of hydrogen-bond acceptors (Lipinski definition) is 6. The van der Waals surface area contributed by atoms with Crippen molar-refractivity contribution in [1.29, 1.82) is 0 Å². The van der Waals surface area contributed by atoms with Gasteiger partial charge in [0.15, 0.2) is 13.2 Å². The van der Waals surface area contributed by atoms with Crippen molar-refractivity contribution in [1.82, 2.24) is 21.7 Å². The second-order valence-electron chi connectivity index (χ2n) is 9.42. The molecule has 0 spiro atoms. The van der Waals surface area contributed by atoms with Crippen molar-refractivity contribution in [2.45, 2.75) is 0 Å². The molecule has 5 rings (SSSR count). The van der Waals surface area contributed by atoms with E-state index in [1.807, 2.05) is 60.7 Å². The zero-order valence-electron chi connectivity index (χ0n) is 22.9. The summed E-state index contributed by atoms with van der Waals surface area (Å²) in [6, 6.07) is 28.6. The van der Waals surface area contributed by atoms with Crippen LogP contribution >= 0.6 is 31.9 Å². The number of fused-ring (bicyclic) bond motifs is 2. The highest BCUT2D eigenvalue weighted by atomic mass is 79.9. The first-order valence-corrected chi connectivity index (χ1v) is 14.8. The van der Waals surface area contributed by atoms with Gasteiger partial charge in [-0.3, -0.25) is 40.9 Å². The molecule has 10 nitrogen and oxygen atoms in total. The van der Waals surface area contributed by atoms with E-state index in [9.17, 15) is 19.2 Å². The lowest BCUT2D eigenvalue weighted by atomic mass is 10.1. The van der Waals surface area contributed by atoms with Crippen LogP contribution < -0.4 is 31.2 Å². The molecule has 44 heavy (non-hydrogen) atoms. The first-order chi connectivity index (χ1) is 21.3. The molecular weight excluding hydrogens is 696 g/mol. The van der Waals surface area contributed by atoms with Crippen LogP contribution in [0.5, 0.6) is 11.5 Å². The van der Waals surface area contributed by atoms with Crippen molar-refractivity contribution < 1.29 is 28.7 Å². The third-order valence-corrected chi connectivity index (χ3v) is 7.58. The van der Waals surface area contributed by atoms with Crippen LogP contribution in [-0.2, 0) is 9.59 Å². The van der Waals surface area contributed by atoms with Crippen molar-refractivity contribution in [2.75, 3.05) is 13.2 Å². The molecule has 0 aliphatic heterocycles. The molecule has 0 fully saturated rings.